The van der Waals surface area contributed by atoms with Crippen LogP contribution in [0.3, 0.4) is 0 Å². The molecule has 108 valence electrons. The lowest BCUT2D eigenvalue weighted by Gasteiger charge is -2.07. The Labute approximate surface area is 119 Å². The van der Waals surface area contributed by atoms with E-state index in [4.69, 9.17) is 9.47 Å². The number of pyridine rings is 1. The standard InChI is InChI=1S/C15H21N3O2/c1-3-18-7-6-13(12-18)10-16-14-4-5-15(17-11-14)20-9-8-19-2/h4-7,11-12,16H,3,8-10H2,1-2H3. The summed E-state index contributed by atoms with van der Waals surface area (Å²) in [6.45, 7) is 4.99. The molecule has 0 radical (unpaired) electrons. The summed E-state index contributed by atoms with van der Waals surface area (Å²) in [5.74, 6) is 0.615. The molecule has 0 bridgehead atoms. The van der Waals surface area contributed by atoms with Crippen molar-refractivity contribution in [2.45, 2.75) is 20.0 Å². The number of nitrogens with zero attached hydrogens (tertiary/aromatic N) is 2. The van der Waals surface area contributed by atoms with Gasteiger partial charge in [0, 0.05) is 38.7 Å². The van der Waals surface area contributed by atoms with Crippen molar-refractivity contribution >= 4 is 5.69 Å². The molecule has 20 heavy (non-hydrogen) atoms. The summed E-state index contributed by atoms with van der Waals surface area (Å²) in [5.41, 5.74) is 2.24. The minimum absolute atomic E-state index is 0.515. The molecule has 0 aliphatic carbocycles. The first-order valence-corrected chi connectivity index (χ1v) is 6.78. The number of rotatable bonds is 8. The highest BCUT2D eigenvalue weighted by atomic mass is 16.5. The lowest BCUT2D eigenvalue weighted by atomic mass is 10.3. The fourth-order valence-electron chi connectivity index (χ4n) is 1.80. The van der Waals surface area contributed by atoms with Crippen LogP contribution in [0.25, 0.3) is 0 Å². The highest BCUT2D eigenvalue weighted by Gasteiger charge is 1.99. The van der Waals surface area contributed by atoms with Crippen molar-refractivity contribution in [1.29, 1.82) is 0 Å². The van der Waals surface area contributed by atoms with Crippen LogP contribution >= 0.6 is 0 Å². The van der Waals surface area contributed by atoms with Gasteiger partial charge in [-0.15, -0.1) is 0 Å². The highest BCUT2D eigenvalue weighted by molar-refractivity contribution is 5.42. The third-order valence-corrected chi connectivity index (χ3v) is 2.95. The van der Waals surface area contributed by atoms with Gasteiger partial charge in [-0.1, -0.05) is 0 Å². The van der Waals surface area contributed by atoms with Crippen molar-refractivity contribution in [3.05, 3.63) is 42.4 Å². The summed E-state index contributed by atoms with van der Waals surface area (Å²) in [5, 5.41) is 3.34. The van der Waals surface area contributed by atoms with Gasteiger partial charge in [0.15, 0.2) is 0 Å². The van der Waals surface area contributed by atoms with Crippen molar-refractivity contribution in [2.24, 2.45) is 0 Å². The van der Waals surface area contributed by atoms with E-state index in [1.807, 2.05) is 12.1 Å². The van der Waals surface area contributed by atoms with Crippen LogP contribution in [0.5, 0.6) is 5.88 Å². The molecule has 0 amide bonds. The molecule has 2 rings (SSSR count). The Morgan fingerprint density at radius 2 is 2.15 bits per heavy atom. The fraction of sp³-hybridized carbons (Fsp3) is 0.400. The van der Waals surface area contributed by atoms with Crippen LogP contribution in [0, 0.1) is 0 Å². The summed E-state index contributed by atoms with van der Waals surface area (Å²) in [6, 6.07) is 5.94. The first-order valence-electron chi connectivity index (χ1n) is 6.78. The number of aromatic nitrogens is 2. The SMILES string of the molecule is CCn1ccc(CNc2ccc(OCCOC)nc2)c1. The largest absolute Gasteiger partial charge is 0.475 e. The van der Waals surface area contributed by atoms with Gasteiger partial charge in [0.25, 0.3) is 0 Å². The molecule has 0 aliphatic heterocycles. The maximum absolute atomic E-state index is 5.41. The van der Waals surface area contributed by atoms with Crippen molar-refractivity contribution in [3.8, 4) is 5.88 Å². The highest BCUT2D eigenvalue weighted by Crippen LogP contribution is 2.13. The molecule has 0 saturated heterocycles. The van der Waals surface area contributed by atoms with E-state index < -0.39 is 0 Å². The van der Waals surface area contributed by atoms with Gasteiger partial charge in [0.05, 0.1) is 18.5 Å². The molecule has 2 aromatic heterocycles. The van der Waals surface area contributed by atoms with Gasteiger partial charge >= 0.3 is 0 Å². The van der Waals surface area contributed by atoms with E-state index in [9.17, 15) is 0 Å². The molecule has 1 N–H and O–H groups in total. The molecular formula is C15H21N3O2. The first-order chi connectivity index (χ1) is 9.81. The first kappa shape index (κ1) is 14.4. The van der Waals surface area contributed by atoms with E-state index in [1.54, 1.807) is 13.3 Å². The van der Waals surface area contributed by atoms with Gasteiger partial charge < -0.3 is 19.4 Å². The number of hydrogen-bond acceptors (Lipinski definition) is 4. The average molecular weight is 275 g/mol. The van der Waals surface area contributed by atoms with Crippen molar-refractivity contribution in [3.63, 3.8) is 0 Å². The molecule has 2 aromatic rings. The Morgan fingerprint density at radius 1 is 1.25 bits per heavy atom. The number of ether oxygens (including phenoxy) is 2. The topological polar surface area (TPSA) is 48.3 Å². The summed E-state index contributed by atoms with van der Waals surface area (Å²) in [4.78, 5) is 4.24. The number of aryl methyl sites for hydroxylation is 1. The zero-order chi connectivity index (χ0) is 14.2. The molecule has 0 unspecified atom stereocenters. The molecule has 5 heteroatoms. The van der Waals surface area contributed by atoms with Gasteiger partial charge in [-0.25, -0.2) is 4.98 Å². The second-order valence-corrected chi connectivity index (χ2v) is 4.43. The molecule has 0 saturated carbocycles. The minimum Gasteiger partial charge on any atom is -0.475 e. The number of nitrogens with one attached hydrogen (secondary N) is 1. The van der Waals surface area contributed by atoms with Gasteiger partial charge in [-0.2, -0.15) is 0 Å². The van der Waals surface area contributed by atoms with Gasteiger partial charge in [0.2, 0.25) is 5.88 Å². The lowest BCUT2D eigenvalue weighted by Crippen LogP contribution is -2.05. The molecule has 0 atom stereocenters. The monoisotopic (exact) mass is 275 g/mol. The Kier molecular flexibility index (Phi) is 5.43. The number of hydrogen-bond donors (Lipinski definition) is 1. The molecule has 0 aliphatic rings. The number of methoxy groups -OCH3 is 1. The molecule has 0 spiro atoms. The summed E-state index contributed by atoms with van der Waals surface area (Å²) in [6.07, 6.45) is 6.00. The van der Waals surface area contributed by atoms with Crippen LogP contribution in [0.2, 0.25) is 0 Å². The van der Waals surface area contributed by atoms with Crippen LogP contribution < -0.4 is 10.1 Å². The maximum Gasteiger partial charge on any atom is 0.213 e. The molecule has 0 aromatic carbocycles. The zero-order valence-corrected chi connectivity index (χ0v) is 12.0. The third-order valence-electron chi connectivity index (χ3n) is 2.95. The van der Waals surface area contributed by atoms with E-state index in [0.29, 0.717) is 19.1 Å². The van der Waals surface area contributed by atoms with Crippen LogP contribution in [0.15, 0.2) is 36.8 Å². The van der Waals surface area contributed by atoms with Crippen molar-refractivity contribution < 1.29 is 9.47 Å². The Hall–Kier alpha value is -2.01. The van der Waals surface area contributed by atoms with Crippen molar-refractivity contribution in [2.75, 3.05) is 25.6 Å². The third kappa shape index (κ3) is 4.28. The van der Waals surface area contributed by atoms with Gasteiger partial charge in [0.1, 0.15) is 6.61 Å². The fourth-order valence-corrected chi connectivity index (χ4v) is 1.80. The van der Waals surface area contributed by atoms with Crippen LogP contribution in [0.4, 0.5) is 5.69 Å². The molecule has 5 nitrogen and oxygen atoms in total. The van der Waals surface area contributed by atoms with Crippen LogP contribution in [-0.2, 0) is 17.8 Å². The van der Waals surface area contributed by atoms with Crippen LogP contribution in [-0.4, -0.2) is 29.9 Å². The molecule has 0 fully saturated rings. The van der Waals surface area contributed by atoms with Crippen molar-refractivity contribution in [1.82, 2.24) is 9.55 Å². The van der Waals surface area contributed by atoms with Gasteiger partial charge in [-0.05, 0) is 24.6 Å². The summed E-state index contributed by atoms with van der Waals surface area (Å²) < 4.78 is 12.5. The second kappa shape index (κ2) is 7.55. The summed E-state index contributed by atoms with van der Waals surface area (Å²) in [7, 11) is 1.65. The zero-order valence-electron chi connectivity index (χ0n) is 12.0. The predicted molar refractivity (Wildman–Crippen MR) is 79.0 cm³/mol. The average Bonchev–Trinajstić information content (AvgIpc) is 2.95. The van der Waals surface area contributed by atoms with E-state index in [2.05, 4.69) is 40.3 Å². The van der Waals surface area contributed by atoms with E-state index in [0.717, 1.165) is 18.8 Å². The van der Waals surface area contributed by atoms with Crippen LogP contribution in [0.1, 0.15) is 12.5 Å². The Bertz CT molecular complexity index is 508. The van der Waals surface area contributed by atoms with Gasteiger partial charge in [-0.3, -0.25) is 0 Å². The predicted octanol–water partition coefficient (Wildman–Crippen LogP) is 2.54. The van der Waals surface area contributed by atoms with E-state index in [-0.39, 0.29) is 0 Å². The second-order valence-electron chi connectivity index (χ2n) is 4.43. The lowest BCUT2D eigenvalue weighted by molar-refractivity contribution is 0.144. The van der Waals surface area contributed by atoms with E-state index in [1.165, 1.54) is 5.56 Å². The quantitative estimate of drug-likeness (QED) is 0.752. The van der Waals surface area contributed by atoms with E-state index >= 15 is 0 Å². The molecule has 2 heterocycles. The maximum atomic E-state index is 5.41. The minimum atomic E-state index is 0.515. The normalized spacial score (nSPS) is 10.5. The molecular weight excluding hydrogens is 254 g/mol. The Balaban J connectivity index is 1.81. The smallest absolute Gasteiger partial charge is 0.213 e. The number of anilines is 1. The Morgan fingerprint density at radius 3 is 2.80 bits per heavy atom. The summed E-state index contributed by atoms with van der Waals surface area (Å²) >= 11 is 0.